The van der Waals surface area contributed by atoms with Gasteiger partial charge in [0.1, 0.15) is 9.84 Å². The summed E-state index contributed by atoms with van der Waals surface area (Å²) in [5.41, 5.74) is -0.616. The van der Waals surface area contributed by atoms with Crippen LogP contribution >= 0.6 is 12.4 Å². The molecular formula is C8H14ClF2NO2S. The van der Waals surface area contributed by atoms with Crippen molar-refractivity contribution in [1.82, 2.24) is 5.32 Å². The Kier molecular flexibility index (Phi) is 3.34. The quantitative estimate of drug-likeness (QED) is 0.707. The van der Waals surface area contributed by atoms with Crippen molar-refractivity contribution in [3.8, 4) is 0 Å². The van der Waals surface area contributed by atoms with Crippen molar-refractivity contribution in [1.29, 1.82) is 0 Å². The van der Waals surface area contributed by atoms with E-state index in [4.69, 9.17) is 0 Å². The molecule has 3 nitrogen and oxygen atoms in total. The number of sulfone groups is 1. The molecule has 0 unspecified atom stereocenters. The van der Waals surface area contributed by atoms with Gasteiger partial charge < -0.3 is 5.32 Å². The predicted octanol–water partition coefficient (Wildman–Crippen LogP) is 0.984. The van der Waals surface area contributed by atoms with Crippen LogP contribution in [0.25, 0.3) is 0 Å². The first-order valence-electron chi connectivity index (χ1n) is 4.66. The summed E-state index contributed by atoms with van der Waals surface area (Å²) in [7, 11) is -2.97. The Morgan fingerprint density at radius 1 is 1.13 bits per heavy atom. The zero-order valence-corrected chi connectivity index (χ0v) is 9.76. The first-order valence-corrected chi connectivity index (χ1v) is 6.48. The lowest BCUT2D eigenvalue weighted by Crippen LogP contribution is -2.46. The second-order valence-electron chi connectivity index (χ2n) is 4.32. The summed E-state index contributed by atoms with van der Waals surface area (Å²) in [5.74, 6) is -2.59. The second-order valence-corrected chi connectivity index (χ2v) is 6.62. The van der Waals surface area contributed by atoms with Crippen LogP contribution in [0, 0.1) is 0 Å². The Hall–Kier alpha value is 0.0600. The van der Waals surface area contributed by atoms with Crippen LogP contribution in [0.2, 0.25) is 0 Å². The maximum atomic E-state index is 13.0. The molecule has 0 aromatic carbocycles. The number of alkyl halides is 2. The molecule has 0 saturated carbocycles. The van der Waals surface area contributed by atoms with Gasteiger partial charge >= 0.3 is 0 Å². The summed E-state index contributed by atoms with van der Waals surface area (Å²) in [6, 6.07) is 0. The molecule has 2 heterocycles. The predicted molar refractivity (Wildman–Crippen MR) is 55.4 cm³/mol. The van der Waals surface area contributed by atoms with E-state index in [0.29, 0.717) is 12.8 Å². The Bertz CT molecular complexity index is 331. The summed E-state index contributed by atoms with van der Waals surface area (Å²) in [4.78, 5) is 0. The van der Waals surface area contributed by atoms with E-state index in [0.717, 1.165) is 0 Å². The van der Waals surface area contributed by atoms with Gasteiger partial charge in [-0.1, -0.05) is 0 Å². The normalized spacial score (nSPS) is 31.1. The third-order valence-corrected chi connectivity index (χ3v) is 4.75. The van der Waals surface area contributed by atoms with Crippen LogP contribution in [0.1, 0.15) is 19.3 Å². The molecule has 0 radical (unpaired) electrons. The van der Waals surface area contributed by atoms with E-state index < -0.39 is 21.3 Å². The van der Waals surface area contributed by atoms with Crippen LogP contribution in [0.4, 0.5) is 8.78 Å². The number of rotatable bonds is 0. The van der Waals surface area contributed by atoms with Gasteiger partial charge in [-0.3, -0.25) is 0 Å². The minimum absolute atomic E-state index is 0. The van der Waals surface area contributed by atoms with E-state index in [1.165, 1.54) is 0 Å². The lowest BCUT2D eigenvalue weighted by molar-refractivity contribution is 0.0150. The molecule has 0 aromatic rings. The maximum absolute atomic E-state index is 13.0. The van der Waals surface area contributed by atoms with Gasteiger partial charge in [0.2, 0.25) is 0 Å². The van der Waals surface area contributed by atoms with Gasteiger partial charge in [-0.2, -0.15) is 0 Å². The number of nitrogens with one attached hydrogen (secondary N) is 1. The van der Waals surface area contributed by atoms with Crippen LogP contribution in [0.3, 0.4) is 0 Å². The minimum Gasteiger partial charge on any atom is -0.305 e. The number of hydrogen-bond donors (Lipinski definition) is 1. The largest absolute Gasteiger partial charge is 0.305 e. The van der Waals surface area contributed by atoms with E-state index in [2.05, 4.69) is 5.32 Å². The van der Waals surface area contributed by atoms with Crippen molar-refractivity contribution in [2.45, 2.75) is 30.7 Å². The molecule has 1 N–H and O–H groups in total. The first-order chi connectivity index (χ1) is 6.33. The summed E-state index contributed by atoms with van der Waals surface area (Å²) >= 11 is 0. The zero-order chi connectivity index (χ0) is 10.4. The van der Waals surface area contributed by atoms with Gasteiger partial charge in [0.05, 0.1) is 18.1 Å². The zero-order valence-electron chi connectivity index (χ0n) is 8.13. The molecule has 0 bridgehead atoms. The lowest BCUT2D eigenvalue weighted by Gasteiger charge is -2.32. The number of halogens is 3. The Balaban J connectivity index is 0.00000112. The molecule has 2 aliphatic heterocycles. The van der Waals surface area contributed by atoms with E-state index in [1.807, 2.05) is 0 Å². The van der Waals surface area contributed by atoms with Crippen molar-refractivity contribution in [2.24, 2.45) is 0 Å². The van der Waals surface area contributed by atoms with Crippen molar-refractivity contribution in [3.05, 3.63) is 0 Å². The molecule has 2 fully saturated rings. The molecular weight excluding hydrogens is 248 g/mol. The SMILES string of the molecule is Cl.O=S1(=O)CCC2(CC1)CC(F)(F)CN2. The van der Waals surface area contributed by atoms with Gasteiger partial charge in [-0.25, -0.2) is 17.2 Å². The molecule has 15 heavy (non-hydrogen) atoms. The molecule has 0 aliphatic carbocycles. The molecule has 0 amide bonds. The van der Waals surface area contributed by atoms with Crippen LogP contribution in [-0.4, -0.2) is 37.9 Å². The van der Waals surface area contributed by atoms with Crippen molar-refractivity contribution >= 4 is 22.2 Å². The molecule has 2 saturated heterocycles. The van der Waals surface area contributed by atoms with Crippen LogP contribution in [-0.2, 0) is 9.84 Å². The summed E-state index contributed by atoms with van der Waals surface area (Å²) in [5, 5.41) is 2.79. The highest BCUT2D eigenvalue weighted by atomic mass is 35.5. The minimum atomic E-state index is -2.97. The van der Waals surface area contributed by atoms with E-state index in [1.54, 1.807) is 0 Å². The van der Waals surface area contributed by atoms with Crippen LogP contribution in [0.5, 0.6) is 0 Å². The van der Waals surface area contributed by atoms with Gasteiger partial charge in [-0.05, 0) is 12.8 Å². The molecule has 0 atom stereocenters. The smallest absolute Gasteiger partial charge is 0.262 e. The fraction of sp³-hybridized carbons (Fsp3) is 1.00. The van der Waals surface area contributed by atoms with Gasteiger partial charge in [0.15, 0.2) is 0 Å². The summed E-state index contributed by atoms with van der Waals surface area (Å²) in [6.07, 6.45) is 0.436. The fourth-order valence-electron chi connectivity index (χ4n) is 2.22. The van der Waals surface area contributed by atoms with Crippen molar-refractivity contribution in [3.63, 3.8) is 0 Å². The average molecular weight is 262 g/mol. The van der Waals surface area contributed by atoms with Gasteiger partial charge in [-0.15, -0.1) is 12.4 Å². The Morgan fingerprint density at radius 3 is 2.07 bits per heavy atom. The first kappa shape index (κ1) is 13.1. The molecule has 2 aliphatic rings. The fourth-order valence-corrected chi connectivity index (χ4v) is 3.83. The highest BCUT2D eigenvalue weighted by molar-refractivity contribution is 7.91. The molecule has 1 spiro atoms. The molecule has 2 rings (SSSR count). The topological polar surface area (TPSA) is 46.2 Å². The molecule has 90 valence electrons. The molecule has 7 heteroatoms. The standard InChI is InChI=1S/C8H13F2NO2S.ClH/c9-8(10)5-7(11-6-8)1-3-14(12,13)4-2-7;/h11H,1-6H2;1H. The third-order valence-electron chi connectivity index (χ3n) is 3.10. The Morgan fingerprint density at radius 2 is 1.67 bits per heavy atom. The highest BCUT2D eigenvalue weighted by Crippen LogP contribution is 2.39. The van der Waals surface area contributed by atoms with Crippen LogP contribution < -0.4 is 5.32 Å². The van der Waals surface area contributed by atoms with E-state index >= 15 is 0 Å². The lowest BCUT2D eigenvalue weighted by atomic mass is 9.90. The van der Waals surface area contributed by atoms with Gasteiger partial charge in [0, 0.05) is 12.0 Å². The summed E-state index contributed by atoms with van der Waals surface area (Å²) in [6.45, 7) is -0.312. The summed E-state index contributed by atoms with van der Waals surface area (Å²) < 4.78 is 48.2. The van der Waals surface area contributed by atoms with E-state index in [-0.39, 0.29) is 36.9 Å². The maximum Gasteiger partial charge on any atom is 0.262 e. The van der Waals surface area contributed by atoms with Gasteiger partial charge in [0.25, 0.3) is 5.92 Å². The average Bonchev–Trinajstić information content (AvgIpc) is 2.36. The third kappa shape index (κ3) is 2.79. The highest BCUT2D eigenvalue weighted by Gasteiger charge is 2.50. The number of hydrogen-bond acceptors (Lipinski definition) is 3. The van der Waals surface area contributed by atoms with Crippen molar-refractivity contribution in [2.75, 3.05) is 18.1 Å². The van der Waals surface area contributed by atoms with Crippen LogP contribution in [0.15, 0.2) is 0 Å². The van der Waals surface area contributed by atoms with Crippen molar-refractivity contribution < 1.29 is 17.2 Å². The van der Waals surface area contributed by atoms with E-state index in [9.17, 15) is 17.2 Å². The second kappa shape index (κ2) is 3.82. The Labute approximate surface area is 93.9 Å². The molecule has 0 aromatic heterocycles. The monoisotopic (exact) mass is 261 g/mol.